The van der Waals surface area contributed by atoms with Gasteiger partial charge in [0, 0.05) is 44.2 Å². The van der Waals surface area contributed by atoms with Gasteiger partial charge in [0.05, 0.1) is 0 Å². The third-order valence-corrected chi connectivity index (χ3v) is 5.81. The van der Waals surface area contributed by atoms with Crippen LogP contribution < -0.4 is 0 Å². The molecule has 4 rings (SSSR count). The Labute approximate surface area is 155 Å². The number of likely N-dealkylation sites (tertiary alicyclic amines) is 1. The molecule has 138 valence electrons. The van der Waals surface area contributed by atoms with Gasteiger partial charge in [-0.2, -0.15) is 0 Å². The van der Waals surface area contributed by atoms with Crippen molar-refractivity contribution < 1.29 is 9.32 Å². The molecule has 0 radical (unpaired) electrons. The number of aromatic nitrogens is 1. The molecule has 1 amide bonds. The van der Waals surface area contributed by atoms with Crippen LogP contribution in [0, 0.1) is 0 Å². The molecule has 0 N–H and O–H groups in total. The first kappa shape index (κ1) is 17.3. The zero-order chi connectivity index (χ0) is 18.1. The second-order valence-electron chi connectivity index (χ2n) is 7.79. The number of nitrogens with zero attached hydrogens (tertiary/aromatic N) is 3. The first-order valence-corrected chi connectivity index (χ1v) is 9.63. The van der Waals surface area contributed by atoms with Crippen LogP contribution in [0.15, 0.2) is 40.9 Å². The molecule has 0 unspecified atom stereocenters. The second-order valence-corrected chi connectivity index (χ2v) is 7.79. The van der Waals surface area contributed by atoms with E-state index in [0.717, 1.165) is 44.5 Å². The molecule has 5 heteroatoms. The molecule has 1 aromatic heterocycles. The van der Waals surface area contributed by atoms with Crippen molar-refractivity contribution in [2.75, 3.05) is 13.6 Å². The maximum absolute atomic E-state index is 12.8. The third kappa shape index (κ3) is 3.68. The molecule has 5 nitrogen and oxygen atoms in total. The van der Waals surface area contributed by atoms with Crippen LogP contribution in [-0.2, 0) is 6.54 Å². The largest absolute Gasteiger partial charge is 0.360 e. The van der Waals surface area contributed by atoms with Crippen LogP contribution in [0.1, 0.15) is 60.3 Å². The van der Waals surface area contributed by atoms with Crippen molar-refractivity contribution in [3.05, 3.63) is 53.4 Å². The number of carbonyl (C=O) groups is 1. The Morgan fingerprint density at radius 3 is 2.73 bits per heavy atom. The van der Waals surface area contributed by atoms with Crippen molar-refractivity contribution in [3.8, 4) is 0 Å². The molecule has 2 fully saturated rings. The lowest BCUT2D eigenvalue weighted by Crippen LogP contribution is -2.49. The summed E-state index contributed by atoms with van der Waals surface area (Å²) >= 11 is 0. The van der Waals surface area contributed by atoms with E-state index in [4.69, 9.17) is 4.52 Å². The molecule has 2 atom stereocenters. The summed E-state index contributed by atoms with van der Waals surface area (Å²) in [5.74, 6) is 1.33. The minimum atomic E-state index is -0.0191. The Bertz CT molecular complexity index is 754. The Kier molecular flexibility index (Phi) is 4.81. The summed E-state index contributed by atoms with van der Waals surface area (Å²) in [5, 5.41) is 4.01. The fourth-order valence-corrected chi connectivity index (χ4v) is 3.90. The zero-order valence-electron chi connectivity index (χ0n) is 15.6. The maximum Gasteiger partial charge on any atom is 0.276 e. The SMILES string of the molecule is C[C@@H]1C[C@@H](N(C)C(=O)c2cc(C3CC3)on2)CCN1Cc1ccccc1. The lowest BCUT2D eigenvalue weighted by atomic mass is 9.96. The molecular formula is C21H27N3O2. The molecule has 1 aliphatic carbocycles. The number of amides is 1. The molecule has 2 aromatic rings. The van der Waals surface area contributed by atoms with Crippen molar-refractivity contribution in [1.82, 2.24) is 15.0 Å². The van der Waals surface area contributed by atoms with Crippen LogP contribution in [0.25, 0.3) is 0 Å². The number of carbonyl (C=O) groups excluding carboxylic acids is 1. The number of hydrogen-bond acceptors (Lipinski definition) is 4. The summed E-state index contributed by atoms with van der Waals surface area (Å²) in [4.78, 5) is 17.1. The molecule has 1 saturated heterocycles. The van der Waals surface area contributed by atoms with E-state index in [0.29, 0.717) is 17.7 Å². The van der Waals surface area contributed by atoms with E-state index in [9.17, 15) is 4.79 Å². The highest BCUT2D eigenvalue weighted by molar-refractivity contribution is 5.92. The maximum atomic E-state index is 12.8. The van der Waals surface area contributed by atoms with Gasteiger partial charge in [0.15, 0.2) is 5.69 Å². The van der Waals surface area contributed by atoms with Crippen LogP contribution in [-0.4, -0.2) is 46.5 Å². The van der Waals surface area contributed by atoms with E-state index in [2.05, 4.69) is 47.3 Å². The Balaban J connectivity index is 1.35. The van der Waals surface area contributed by atoms with Crippen LogP contribution in [0.2, 0.25) is 0 Å². The average molecular weight is 353 g/mol. The monoisotopic (exact) mass is 353 g/mol. The van der Waals surface area contributed by atoms with Gasteiger partial charge in [0.1, 0.15) is 5.76 Å². The van der Waals surface area contributed by atoms with Crippen molar-refractivity contribution >= 4 is 5.91 Å². The van der Waals surface area contributed by atoms with Gasteiger partial charge in [-0.05, 0) is 38.2 Å². The van der Waals surface area contributed by atoms with Crippen LogP contribution in [0.5, 0.6) is 0 Å². The Morgan fingerprint density at radius 1 is 1.27 bits per heavy atom. The molecular weight excluding hydrogens is 326 g/mol. The fourth-order valence-electron chi connectivity index (χ4n) is 3.90. The van der Waals surface area contributed by atoms with E-state index >= 15 is 0 Å². The molecule has 26 heavy (non-hydrogen) atoms. The molecule has 2 aliphatic rings. The zero-order valence-corrected chi connectivity index (χ0v) is 15.6. The summed E-state index contributed by atoms with van der Waals surface area (Å²) in [7, 11) is 1.90. The first-order valence-electron chi connectivity index (χ1n) is 9.63. The second kappa shape index (κ2) is 7.23. The van der Waals surface area contributed by atoms with Gasteiger partial charge in [-0.25, -0.2) is 0 Å². The molecule has 1 aromatic carbocycles. The molecule has 1 aliphatic heterocycles. The number of piperidine rings is 1. The Hall–Kier alpha value is -2.14. The molecule has 0 spiro atoms. The summed E-state index contributed by atoms with van der Waals surface area (Å²) < 4.78 is 5.35. The topological polar surface area (TPSA) is 49.6 Å². The van der Waals surface area contributed by atoms with Gasteiger partial charge in [-0.15, -0.1) is 0 Å². The van der Waals surface area contributed by atoms with E-state index in [1.165, 1.54) is 5.56 Å². The minimum Gasteiger partial charge on any atom is -0.360 e. The van der Waals surface area contributed by atoms with Crippen LogP contribution in [0.4, 0.5) is 0 Å². The van der Waals surface area contributed by atoms with Crippen molar-refractivity contribution in [1.29, 1.82) is 0 Å². The predicted octanol–water partition coefficient (Wildman–Crippen LogP) is 3.68. The summed E-state index contributed by atoms with van der Waals surface area (Å²) in [5.41, 5.74) is 1.80. The van der Waals surface area contributed by atoms with E-state index in [1.54, 1.807) is 0 Å². The summed E-state index contributed by atoms with van der Waals surface area (Å²) in [6.45, 7) is 4.24. The highest BCUT2D eigenvalue weighted by Gasteiger charge is 2.33. The fraction of sp³-hybridized carbons (Fsp3) is 0.524. The van der Waals surface area contributed by atoms with E-state index in [-0.39, 0.29) is 11.9 Å². The molecule has 1 saturated carbocycles. The molecule has 0 bridgehead atoms. The van der Waals surface area contributed by atoms with Crippen molar-refractivity contribution in [2.24, 2.45) is 0 Å². The van der Waals surface area contributed by atoms with Crippen LogP contribution >= 0.6 is 0 Å². The first-order chi connectivity index (χ1) is 12.6. The standard InChI is InChI=1S/C21H27N3O2/c1-15-12-18(10-11-24(15)14-16-6-4-3-5-7-16)23(2)21(25)19-13-20(26-22-19)17-8-9-17/h3-7,13,15,17-18H,8-12,14H2,1-2H3/t15-,18+/m1/s1. The average Bonchev–Trinajstić information content (AvgIpc) is 3.40. The van der Waals surface area contributed by atoms with Crippen molar-refractivity contribution in [3.63, 3.8) is 0 Å². The normalized spacial score (nSPS) is 23.8. The van der Waals surface area contributed by atoms with E-state index < -0.39 is 0 Å². The van der Waals surface area contributed by atoms with Crippen molar-refractivity contribution in [2.45, 2.75) is 57.2 Å². The smallest absolute Gasteiger partial charge is 0.276 e. The molecule has 2 heterocycles. The third-order valence-electron chi connectivity index (χ3n) is 5.81. The summed E-state index contributed by atoms with van der Waals surface area (Å²) in [6, 6.07) is 13.1. The van der Waals surface area contributed by atoms with Gasteiger partial charge in [-0.3, -0.25) is 9.69 Å². The highest BCUT2D eigenvalue weighted by atomic mass is 16.5. The minimum absolute atomic E-state index is 0.0191. The van der Waals surface area contributed by atoms with Crippen LogP contribution in [0.3, 0.4) is 0 Å². The van der Waals surface area contributed by atoms with Gasteiger partial charge in [0.25, 0.3) is 5.91 Å². The summed E-state index contributed by atoms with van der Waals surface area (Å²) in [6.07, 6.45) is 4.28. The predicted molar refractivity (Wildman–Crippen MR) is 99.9 cm³/mol. The number of benzene rings is 1. The Morgan fingerprint density at radius 2 is 2.04 bits per heavy atom. The highest BCUT2D eigenvalue weighted by Crippen LogP contribution is 2.40. The van der Waals surface area contributed by atoms with Gasteiger partial charge >= 0.3 is 0 Å². The number of hydrogen-bond donors (Lipinski definition) is 0. The van der Waals surface area contributed by atoms with E-state index in [1.807, 2.05) is 18.0 Å². The number of rotatable bonds is 5. The van der Waals surface area contributed by atoms with Gasteiger partial charge < -0.3 is 9.42 Å². The van der Waals surface area contributed by atoms with Gasteiger partial charge in [-0.1, -0.05) is 35.5 Å². The quantitative estimate of drug-likeness (QED) is 0.823. The van der Waals surface area contributed by atoms with Gasteiger partial charge in [0.2, 0.25) is 0 Å². The lowest BCUT2D eigenvalue weighted by molar-refractivity contribution is 0.0530. The lowest BCUT2D eigenvalue weighted by Gasteiger charge is -2.41.